The molecule has 0 aromatic heterocycles. The van der Waals surface area contributed by atoms with Gasteiger partial charge in [-0.15, -0.1) is 0 Å². The van der Waals surface area contributed by atoms with Gasteiger partial charge in [-0.1, -0.05) is 43.6 Å². The van der Waals surface area contributed by atoms with Gasteiger partial charge in [0.15, 0.2) is 0 Å². The number of hydrogen-bond donors (Lipinski definition) is 2. The maximum absolute atomic E-state index is 12.6. The molecule has 0 heterocycles. The predicted molar refractivity (Wildman–Crippen MR) is 117 cm³/mol. The number of rotatable bonds is 8. The van der Waals surface area contributed by atoms with Crippen molar-refractivity contribution >= 4 is 33.2 Å². The number of halogens is 1. The van der Waals surface area contributed by atoms with Gasteiger partial charge in [0.05, 0.1) is 10.3 Å². The van der Waals surface area contributed by atoms with Crippen molar-refractivity contribution in [3.05, 3.63) is 58.6 Å². The number of benzene rings is 2. The maximum Gasteiger partial charge on any atom is 0.261 e. The molecule has 0 atom stereocenters. The van der Waals surface area contributed by atoms with Gasteiger partial charge in [-0.3, -0.25) is 9.52 Å². The van der Waals surface area contributed by atoms with Gasteiger partial charge in [0.25, 0.3) is 10.0 Å². The minimum Gasteiger partial charge on any atom is -0.355 e. The molecule has 0 spiro atoms. The predicted octanol–water partition coefficient (Wildman–Crippen LogP) is 4.64. The van der Waals surface area contributed by atoms with Crippen LogP contribution in [-0.4, -0.2) is 20.9 Å². The zero-order valence-corrected chi connectivity index (χ0v) is 18.5. The lowest BCUT2D eigenvalue weighted by Crippen LogP contribution is -2.35. The van der Waals surface area contributed by atoms with Gasteiger partial charge >= 0.3 is 0 Å². The Hall–Kier alpha value is -2.05. The van der Waals surface area contributed by atoms with E-state index in [4.69, 9.17) is 11.6 Å². The third kappa shape index (κ3) is 4.93. The van der Waals surface area contributed by atoms with Crippen LogP contribution in [0, 0.1) is 12.8 Å². The van der Waals surface area contributed by atoms with Gasteiger partial charge in [-0.05, 0) is 67.5 Å². The van der Waals surface area contributed by atoms with Gasteiger partial charge in [0, 0.05) is 17.3 Å². The average Bonchev–Trinajstić information content (AvgIpc) is 3.46. The van der Waals surface area contributed by atoms with E-state index in [9.17, 15) is 13.2 Å². The largest absolute Gasteiger partial charge is 0.355 e. The van der Waals surface area contributed by atoms with Crippen LogP contribution in [0.1, 0.15) is 44.2 Å². The highest BCUT2D eigenvalue weighted by Crippen LogP contribution is 2.48. The van der Waals surface area contributed by atoms with Crippen molar-refractivity contribution in [1.29, 1.82) is 0 Å². The molecule has 0 saturated heterocycles. The molecule has 1 aliphatic carbocycles. The van der Waals surface area contributed by atoms with E-state index in [1.54, 1.807) is 18.2 Å². The van der Waals surface area contributed by atoms with Crippen molar-refractivity contribution < 1.29 is 13.2 Å². The van der Waals surface area contributed by atoms with E-state index in [-0.39, 0.29) is 10.8 Å². The number of hydrogen-bond acceptors (Lipinski definition) is 3. The van der Waals surface area contributed by atoms with Crippen molar-refractivity contribution in [3.63, 3.8) is 0 Å². The van der Waals surface area contributed by atoms with Crippen LogP contribution in [0.4, 0.5) is 5.69 Å². The summed E-state index contributed by atoms with van der Waals surface area (Å²) in [5, 5.41) is 3.44. The van der Waals surface area contributed by atoms with E-state index in [1.165, 1.54) is 12.1 Å². The van der Waals surface area contributed by atoms with Crippen molar-refractivity contribution in [3.8, 4) is 0 Å². The number of carbonyl (C=O) groups excluding carboxylic acids is 1. The molecule has 2 N–H and O–H groups in total. The Morgan fingerprint density at radius 3 is 2.34 bits per heavy atom. The molecule has 0 unspecified atom stereocenters. The molecular formula is C22H27ClN2O3S. The molecule has 0 aliphatic heterocycles. The van der Waals surface area contributed by atoms with Crippen molar-refractivity contribution in [1.82, 2.24) is 5.32 Å². The number of amides is 1. The summed E-state index contributed by atoms with van der Waals surface area (Å²) in [6, 6.07) is 11.7. The van der Waals surface area contributed by atoms with E-state index in [1.807, 2.05) is 19.1 Å². The normalized spacial score (nSPS) is 15.2. The Morgan fingerprint density at radius 1 is 1.14 bits per heavy atom. The Balaban J connectivity index is 1.70. The lowest BCUT2D eigenvalue weighted by atomic mass is 9.94. The van der Waals surface area contributed by atoms with Crippen LogP contribution in [0.25, 0.3) is 0 Å². The molecule has 1 amide bonds. The van der Waals surface area contributed by atoms with Crippen LogP contribution < -0.4 is 10.0 Å². The summed E-state index contributed by atoms with van der Waals surface area (Å²) in [6.07, 6.45) is 2.58. The Morgan fingerprint density at radius 2 is 1.79 bits per heavy atom. The minimum absolute atomic E-state index is 0.0563. The fourth-order valence-electron chi connectivity index (χ4n) is 3.23. The van der Waals surface area contributed by atoms with Crippen LogP contribution in [0.5, 0.6) is 0 Å². The smallest absolute Gasteiger partial charge is 0.261 e. The summed E-state index contributed by atoms with van der Waals surface area (Å²) in [4.78, 5) is 12.7. The molecule has 7 heteroatoms. The monoisotopic (exact) mass is 434 g/mol. The average molecular weight is 435 g/mol. The summed E-state index contributed by atoms with van der Waals surface area (Å²) in [6.45, 7) is 6.75. The second-order valence-corrected chi connectivity index (χ2v) is 10.2. The molecule has 2 aromatic carbocycles. The first-order chi connectivity index (χ1) is 13.6. The first kappa shape index (κ1) is 21.7. The molecular weight excluding hydrogens is 408 g/mol. The van der Waals surface area contributed by atoms with Crippen LogP contribution in [0.2, 0.25) is 5.02 Å². The molecule has 1 aliphatic rings. The Labute approximate surface area is 177 Å². The second kappa shape index (κ2) is 8.36. The first-order valence-corrected chi connectivity index (χ1v) is 11.7. The summed E-state index contributed by atoms with van der Waals surface area (Å²) < 4.78 is 27.8. The topological polar surface area (TPSA) is 75.3 Å². The summed E-state index contributed by atoms with van der Waals surface area (Å²) in [7, 11) is -3.74. The van der Waals surface area contributed by atoms with Gasteiger partial charge in [0.1, 0.15) is 0 Å². The number of anilines is 1. The maximum atomic E-state index is 12.6. The van der Waals surface area contributed by atoms with E-state index < -0.39 is 15.4 Å². The highest BCUT2D eigenvalue weighted by atomic mass is 35.5. The highest BCUT2D eigenvalue weighted by molar-refractivity contribution is 7.92. The standard InChI is InChI=1S/C22H27ClN2O3S/c1-15(2)10-13-24-21(26)22(11-12-22)17-5-7-18(8-6-17)25-29(27,28)19-9-4-16(3)20(23)14-19/h4-9,14-15,25H,10-13H2,1-3H3,(H,24,26). The molecule has 1 saturated carbocycles. The summed E-state index contributed by atoms with van der Waals surface area (Å²) in [5.41, 5.74) is 1.71. The molecule has 1 fully saturated rings. The van der Waals surface area contributed by atoms with E-state index >= 15 is 0 Å². The van der Waals surface area contributed by atoms with Crippen LogP contribution >= 0.6 is 11.6 Å². The third-order valence-electron chi connectivity index (χ3n) is 5.34. The van der Waals surface area contributed by atoms with Crippen LogP contribution in [-0.2, 0) is 20.2 Å². The zero-order chi connectivity index (χ0) is 21.2. The second-order valence-electron chi connectivity index (χ2n) is 8.11. The fraction of sp³-hybridized carbons (Fsp3) is 0.409. The lowest BCUT2D eigenvalue weighted by Gasteiger charge is -2.17. The quantitative estimate of drug-likeness (QED) is 0.635. The Bertz CT molecular complexity index is 997. The lowest BCUT2D eigenvalue weighted by molar-refractivity contribution is -0.123. The number of carbonyl (C=O) groups is 1. The first-order valence-electron chi connectivity index (χ1n) is 9.82. The number of sulfonamides is 1. The SMILES string of the molecule is Cc1ccc(S(=O)(=O)Nc2ccc(C3(C(=O)NCCC(C)C)CC3)cc2)cc1Cl. The molecule has 156 valence electrons. The van der Waals surface area contributed by atoms with Crippen molar-refractivity contribution in [2.24, 2.45) is 5.92 Å². The van der Waals surface area contributed by atoms with E-state index in [2.05, 4.69) is 23.9 Å². The molecule has 3 rings (SSSR count). The Kier molecular flexibility index (Phi) is 6.24. The zero-order valence-electron chi connectivity index (χ0n) is 17.0. The molecule has 29 heavy (non-hydrogen) atoms. The molecule has 0 bridgehead atoms. The number of nitrogens with one attached hydrogen (secondary N) is 2. The molecule has 5 nitrogen and oxygen atoms in total. The van der Waals surface area contributed by atoms with Gasteiger partial charge in [0.2, 0.25) is 5.91 Å². The number of aryl methyl sites for hydroxylation is 1. The van der Waals surface area contributed by atoms with Crippen molar-refractivity contribution in [2.45, 2.75) is 50.3 Å². The van der Waals surface area contributed by atoms with Gasteiger partial charge in [-0.25, -0.2) is 8.42 Å². The van der Waals surface area contributed by atoms with Crippen LogP contribution in [0.3, 0.4) is 0 Å². The highest BCUT2D eigenvalue weighted by Gasteiger charge is 2.51. The van der Waals surface area contributed by atoms with Crippen molar-refractivity contribution in [2.75, 3.05) is 11.3 Å². The third-order valence-corrected chi connectivity index (χ3v) is 7.12. The molecule has 2 aromatic rings. The van der Waals surface area contributed by atoms with E-state index in [0.717, 1.165) is 30.4 Å². The van der Waals surface area contributed by atoms with Crippen LogP contribution in [0.15, 0.2) is 47.4 Å². The van der Waals surface area contributed by atoms with Gasteiger partial charge < -0.3 is 5.32 Å². The fourth-order valence-corrected chi connectivity index (χ4v) is 4.56. The summed E-state index contributed by atoms with van der Waals surface area (Å²) >= 11 is 6.05. The minimum atomic E-state index is -3.74. The summed E-state index contributed by atoms with van der Waals surface area (Å²) in [5.74, 6) is 0.599. The van der Waals surface area contributed by atoms with Gasteiger partial charge in [-0.2, -0.15) is 0 Å². The molecule has 0 radical (unpaired) electrons. The van der Waals surface area contributed by atoms with E-state index in [0.29, 0.717) is 23.2 Å².